The minimum Gasteiger partial charge on any atom is -0.508 e. The molecular formula is C25H31N3O4S. The van der Waals surface area contributed by atoms with Crippen LogP contribution in [0.2, 0.25) is 0 Å². The number of nitrogens with zero attached hydrogens (tertiary/aromatic N) is 3. The molecule has 2 aromatic rings. The van der Waals surface area contributed by atoms with Crippen molar-refractivity contribution < 1.29 is 18.3 Å². The smallest absolute Gasteiger partial charge is 0.246 e. The molecule has 0 aromatic heterocycles. The van der Waals surface area contributed by atoms with Crippen LogP contribution in [-0.2, 0) is 14.8 Å². The average Bonchev–Trinajstić information content (AvgIpc) is 3.14. The van der Waals surface area contributed by atoms with E-state index in [4.69, 9.17) is 0 Å². The van der Waals surface area contributed by atoms with Gasteiger partial charge in [0.1, 0.15) is 5.75 Å². The van der Waals surface area contributed by atoms with Gasteiger partial charge in [0.15, 0.2) is 0 Å². The molecule has 0 spiro atoms. The van der Waals surface area contributed by atoms with Gasteiger partial charge < -0.3 is 14.9 Å². The van der Waals surface area contributed by atoms with E-state index in [0.717, 1.165) is 50.0 Å². The van der Waals surface area contributed by atoms with Crippen molar-refractivity contribution >= 4 is 27.7 Å². The summed E-state index contributed by atoms with van der Waals surface area (Å²) in [4.78, 5) is 16.9. The van der Waals surface area contributed by atoms with Gasteiger partial charge in [-0.15, -0.1) is 0 Å². The summed E-state index contributed by atoms with van der Waals surface area (Å²) in [6.45, 7) is 3.87. The molecule has 176 valence electrons. The van der Waals surface area contributed by atoms with E-state index in [9.17, 15) is 18.3 Å². The number of amides is 1. The molecule has 7 nitrogen and oxygen atoms in total. The standard InChI is InChI=1S/C25H31N3O4S/c29-23-10-8-22(9-11-23)26-17-19-27(20-18-26)25(30)14-7-21-5-12-24(13-6-21)33(31,32)28-15-3-1-2-4-16-28/h5-14,29H,1-4,15-20H2/b14-7+. The van der Waals surface area contributed by atoms with Crippen molar-refractivity contribution in [2.24, 2.45) is 0 Å². The summed E-state index contributed by atoms with van der Waals surface area (Å²) in [7, 11) is -3.47. The van der Waals surface area contributed by atoms with Crippen LogP contribution in [0.3, 0.4) is 0 Å². The van der Waals surface area contributed by atoms with Crippen LogP contribution in [0.4, 0.5) is 5.69 Å². The second-order valence-corrected chi connectivity index (χ2v) is 10.5. The second-order valence-electron chi connectivity index (χ2n) is 8.55. The Labute approximate surface area is 196 Å². The summed E-state index contributed by atoms with van der Waals surface area (Å²) >= 11 is 0. The van der Waals surface area contributed by atoms with Gasteiger partial charge in [-0.3, -0.25) is 4.79 Å². The number of sulfonamides is 1. The zero-order valence-electron chi connectivity index (χ0n) is 18.8. The van der Waals surface area contributed by atoms with E-state index < -0.39 is 10.0 Å². The zero-order valence-corrected chi connectivity index (χ0v) is 19.6. The zero-order chi connectivity index (χ0) is 23.3. The lowest BCUT2D eigenvalue weighted by atomic mass is 10.2. The van der Waals surface area contributed by atoms with E-state index in [1.54, 1.807) is 52.9 Å². The number of piperazine rings is 1. The van der Waals surface area contributed by atoms with Crippen molar-refractivity contribution in [3.8, 4) is 5.75 Å². The fraction of sp³-hybridized carbons (Fsp3) is 0.400. The lowest BCUT2D eigenvalue weighted by Crippen LogP contribution is -2.48. The highest BCUT2D eigenvalue weighted by Crippen LogP contribution is 2.22. The molecule has 0 radical (unpaired) electrons. The lowest BCUT2D eigenvalue weighted by Gasteiger charge is -2.35. The molecule has 8 heteroatoms. The molecule has 4 rings (SSSR count). The van der Waals surface area contributed by atoms with E-state index in [-0.39, 0.29) is 11.7 Å². The number of carbonyl (C=O) groups is 1. The maximum Gasteiger partial charge on any atom is 0.246 e. The van der Waals surface area contributed by atoms with Crippen molar-refractivity contribution in [1.82, 2.24) is 9.21 Å². The van der Waals surface area contributed by atoms with Crippen molar-refractivity contribution in [2.45, 2.75) is 30.6 Å². The number of hydrogen-bond acceptors (Lipinski definition) is 5. The largest absolute Gasteiger partial charge is 0.508 e. The molecule has 1 amide bonds. The Kier molecular flexibility index (Phi) is 7.35. The Morgan fingerprint density at radius 2 is 1.39 bits per heavy atom. The first kappa shape index (κ1) is 23.3. The SMILES string of the molecule is O=C(/C=C/c1ccc(S(=O)(=O)N2CCCCCC2)cc1)N1CCN(c2ccc(O)cc2)CC1. The quantitative estimate of drug-likeness (QED) is 0.680. The van der Waals surface area contributed by atoms with Crippen LogP contribution in [-0.4, -0.2) is 67.9 Å². The highest BCUT2D eigenvalue weighted by atomic mass is 32.2. The van der Waals surface area contributed by atoms with Gasteiger partial charge in [-0.1, -0.05) is 25.0 Å². The fourth-order valence-electron chi connectivity index (χ4n) is 4.30. The minimum absolute atomic E-state index is 0.0541. The van der Waals surface area contributed by atoms with Gasteiger partial charge >= 0.3 is 0 Å². The number of rotatable bonds is 5. The molecule has 0 saturated carbocycles. The molecule has 0 atom stereocenters. The molecule has 2 fully saturated rings. The first-order valence-electron chi connectivity index (χ1n) is 11.5. The maximum atomic E-state index is 12.9. The third-order valence-electron chi connectivity index (χ3n) is 6.31. The molecular weight excluding hydrogens is 438 g/mol. The third-order valence-corrected chi connectivity index (χ3v) is 8.22. The number of anilines is 1. The molecule has 0 aliphatic carbocycles. The molecule has 2 aromatic carbocycles. The molecule has 1 N–H and O–H groups in total. The molecule has 2 aliphatic rings. The Morgan fingerprint density at radius 1 is 0.788 bits per heavy atom. The third kappa shape index (κ3) is 5.75. The van der Waals surface area contributed by atoms with Crippen LogP contribution >= 0.6 is 0 Å². The Bertz CT molecular complexity index is 1070. The number of phenols is 1. The maximum absolute atomic E-state index is 12.9. The summed E-state index contributed by atoms with van der Waals surface area (Å²) in [5, 5.41) is 9.44. The molecule has 2 heterocycles. The number of hydrogen-bond donors (Lipinski definition) is 1. The molecule has 0 bridgehead atoms. The van der Waals surface area contributed by atoms with Gasteiger partial charge in [-0.25, -0.2) is 8.42 Å². The van der Waals surface area contributed by atoms with Gasteiger partial charge in [0.2, 0.25) is 15.9 Å². The Hall–Kier alpha value is -2.84. The molecule has 33 heavy (non-hydrogen) atoms. The normalized spacial score (nSPS) is 18.4. The summed E-state index contributed by atoms with van der Waals surface area (Å²) in [6.07, 6.45) is 7.26. The Morgan fingerprint density at radius 3 is 2.00 bits per heavy atom. The van der Waals surface area contributed by atoms with Crippen molar-refractivity contribution in [3.05, 3.63) is 60.2 Å². The monoisotopic (exact) mass is 469 g/mol. The van der Waals surface area contributed by atoms with Crippen LogP contribution in [0.15, 0.2) is 59.5 Å². The highest BCUT2D eigenvalue weighted by Gasteiger charge is 2.25. The van der Waals surface area contributed by atoms with E-state index in [2.05, 4.69) is 4.90 Å². The fourth-order valence-corrected chi connectivity index (χ4v) is 5.82. The van der Waals surface area contributed by atoms with E-state index in [1.165, 1.54) is 0 Å². The lowest BCUT2D eigenvalue weighted by molar-refractivity contribution is -0.126. The number of aromatic hydroxyl groups is 1. The van der Waals surface area contributed by atoms with E-state index in [1.807, 2.05) is 17.0 Å². The summed E-state index contributed by atoms with van der Waals surface area (Å²) in [5.41, 5.74) is 1.83. The summed E-state index contributed by atoms with van der Waals surface area (Å²) in [6, 6.07) is 13.8. The molecule has 2 saturated heterocycles. The first-order valence-corrected chi connectivity index (χ1v) is 13.0. The van der Waals surface area contributed by atoms with Crippen LogP contribution in [0, 0.1) is 0 Å². The predicted molar refractivity (Wildman–Crippen MR) is 130 cm³/mol. The van der Waals surface area contributed by atoms with Crippen molar-refractivity contribution in [3.63, 3.8) is 0 Å². The van der Waals surface area contributed by atoms with Gasteiger partial charge in [0, 0.05) is 51.0 Å². The van der Waals surface area contributed by atoms with Gasteiger partial charge in [-0.2, -0.15) is 4.31 Å². The highest BCUT2D eigenvalue weighted by molar-refractivity contribution is 7.89. The predicted octanol–water partition coefficient (Wildman–Crippen LogP) is 3.32. The van der Waals surface area contributed by atoms with Gasteiger partial charge in [-0.05, 0) is 60.9 Å². The van der Waals surface area contributed by atoms with Crippen LogP contribution in [0.25, 0.3) is 6.08 Å². The van der Waals surface area contributed by atoms with Crippen LogP contribution < -0.4 is 4.90 Å². The van der Waals surface area contributed by atoms with Crippen molar-refractivity contribution in [1.29, 1.82) is 0 Å². The summed E-state index contributed by atoms with van der Waals surface area (Å²) in [5.74, 6) is 0.187. The average molecular weight is 470 g/mol. The van der Waals surface area contributed by atoms with Gasteiger partial charge in [0.05, 0.1) is 4.90 Å². The first-order chi connectivity index (χ1) is 15.9. The molecule has 0 unspecified atom stereocenters. The number of phenolic OH excluding ortho intramolecular Hbond substituents is 1. The summed E-state index contributed by atoms with van der Waals surface area (Å²) < 4.78 is 27.4. The Balaban J connectivity index is 1.32. The number of benzene rings is 2. The van der Waals surface area contributed by atoms with E-state index in [0.29, 0.717) is 31.1 Å². The van der Waals surface area contributed by atoms with Crippen LogP contribution in [0.5, 0.6) is 5.75 Å². The van der Waals surface area contributed by atoms with Crippen molar-refractivity contribution in [2.75, 3.05) is 44.2 Å². The molecule has 2 aliphatic heterocycles. The topological polar surface area (TPSA) is 81.2 Å². The van der Waals surface area contributed by atoms with Crippen LogP contribution in [0.1, 0.15) is 31.2 Å². The number of carbonyl (C=O) groups excluding carboxylic acids is 1. The minimum atomic E-state index is -3.47. The second kappa shape index (κ2) is 10.4. The van der Waals surface area contributed by atoms with Gasteiger partial charge in [0.25, 0.3) is 0 Å². The van der Waals surface area contributed by atoms with E-state index >= 15 is 0 Å².